The van der Waals surface area contributed by atoms with Crippen LogP contribution in [0.5, 0.6) is 0 Å². The van der Waals surface area contributed by atoms with Gasteiger partial charge in [0.2, 0.25) is 0 Å². The fourth-order valence-electron chi connectivity index (χ4n) is 3.09. The number of rotatable bonds is 5. The predicted molar refractivity (Wildman–Crippen MR) is 80.0 cm³/mol. The van der Waals surface area contributed by atoms with Crippen LogP contribution in [-0.2, 0) is 6.42 Å². The van der Waals surface area contributed by atoms with Crippen molar-refractivity contribution in [2.24, 2.45) is 5.92 Å². The molecule has 2 rings (SSSR count). The van der Waals surface area contributed by atoms with Gasteiger partial charge in [0, 0.05) is 0 Å². The van der Waals surface area contributed by atoms with E-state index in [2.05, 4.69) is 31.2 Å². The molecule has 0 unspecified atom stereocenters. The maximum atomic E-state index is 12.2. The van der Waals surface area contributed by atoms with Crippen LogP contribution in [0.1, 0.15) is 62.5 Å². The molecular formula is C18H25F. The predicted octanol–water partition coefficient (Wildman–Crippen LogP) is 5.79. The summed E-state index contributed by atoms with van der Waals surface area (Å²) >= 11 is 0. The number of aryl methyl sites for hydroxylation is 1. The van der Waals surface area contributed by atoms with E-state index < -0.39 is 0 Å². The molecular weight excluding hydrogens is 235 g/mol. The second-order valence-corrected chi connectivity index (χ2v) is 5.78. The Hall–Kier alpha value is -1.11. The molecule has 1 heteroatoms. The number of unbranched alkanes of at least 4 members (excludes halogenated alkanes) is 1. The summed E-state index contributed by atoms with van der Waals surface area (Å²) < 4.78 is 12.2. The number of benzene rings is 1. The Morgan fingerprint density at radius 2 is 1.79 bits per heavy atom. The highest BCUT2D eigenvalue weighted by molar-refractivity contribution is 5.26. The zero-order valence-corrected chi connectivity index (χ0v) is 11.9. The van der Waals surface area contributed by atoms with Gasteiger partial charge < -0.3 is 0 Å². The first-order chi connectivity index (χ1) is 9.33. The van der Waals surface area contributed by atoms with Gasteiger partial charge in [-0.25, -0.2) is 4.39 Å². The Labute approximate surface area is 116 Å². The van der Waals surface area contributed by atoms with Crippen molar-refractivity contribution in [1.82, 2.24) is 0 Å². The summed E-state index contributed by atoms with van der Waals surface area (Å²) in [5.74, 6) is 1.15. The Balaban J connectivity index is 1.89. The molecule has 0 spiro atoms. The molecule has 0 nitrogen and oxygen atoms in total. The third kappa shape index (κ3) is 4.19. The minimum atomic E-state index is 0.463. The van der Waals surface area contributed by atoms with Gasteiger partial charge in [-0.05, 0) is 61.5 Å². The summed E-state index contributed by atoms with van der Waals surface area (Å²) in [5, 5.41) is 0. The molecule has 1 saturated carbocycles. The van der Waals surface area contributed by atoms with Gasteiger partial charge in [0.15, 0.2) is 0 Å². The van der Waals surface area contributed by atoms with Gasteiger partial charge in [0.05, 0.1) is 6.33 Å². The quantitative estimate of drug-likeness (QED) is 0.629. The molecule has 0 heterocycles. The molecule has 0 radical (unpaired) electrons. The van der Waals surface area contributed by atoms with E-state index >= 15 is 0 Å². The number of hydrogen-bond donors (Lipinski definition) is 0. The standard InChI is InChI=1S/C18H25F/c1-2-3-4-15-5-9-17(10-6-15)18-11-7-16(8-12-18)13-14-19/h5-6,9-10,13-14,16,18H,2-4,7-8,11-12H2,1H3/b14-13+. The van der Waals surface area contributed by atoms with Crippen molar-refractivity contribution in [3.8, 4) is 0 Å². The van der Waals surface area contributed by atoms with Crippen molar-refractivity contribution in [2.45, 2.75) is 57.8 Å². The molecule has 0 atom stereocenters. The Kier molecular flexibility index (Phi) is 5.62. The minimum Gasteiger partial charge on any atom is -0.216 e. The topological polar surface area (TPSA) is 0 Å². The monoisotopic (exact) mass is 260 g/mol. The zero-order valence-electron chi connectivity index (χ0n) is 11.9. The average molecular weight is 260 g/mol. The maximum Gasteiger partial charge on any atom is 0.0829 e. The summed E-state index contributed by atoms with van der Waals surface area (Å²) in [7, 11) is 0. The lowest BCUT2D eigenvalue weighted by molar-refractivity contribution is 0.373. The Morgan fingerprint density at radius 3 is 2.37 bits per heavy atom. The van der Waals surface area contributed by atoms with Gasteiger partial charge >= 0.3 is 0 Å². The van der Waals surface area contributed by atoms with E-state index in [9.17, 15) is 4.39 Å². The Bertz CT molecular complexity index is 383. The first-order valence-electron chi connectivity index (χ1n) is 7.69. The molecule has 0 amide bonds. The minimum absolute atomic E-state index is 0.463. The van der Waals surface area contributed by atoms with E-state index in [4.69, 9.17) is 0 Å². The van der Waals surface area contributed by atoms with Crippen LogP contribution in [0, 0.1) is 5.92 Å². The fourth-order valence-corrected chi connectivity index (χ4v) is 3.09. The highest BCUT2D eigenvalue weighted by Gasteiger charge is 2.20. The van der Waals surface area contributed by atoms with Gasteiger partial charge in [-0.1, -0.05) is 43.7 Å². The van der Waals surface area contributed by atoms with Crippen molar-refractivity contribution in [3.63, 3.8) is 0 Å². The van der Waals surface area contributed by atoms with E-state index in [1.165, 1.54) is 43.2 Å². The lowest BCUT2D eigenvalue weighted by Gasteiger charge is -2.27. The van der Waals surface area contributed by atoms with Crippen LogP contribution >= 0.6 is 0 Å². The molecule has 1 aliphatic carbocycles. The number of allylic oxidation sites excluding steroid dienone is 1. The first kappa shape index (κ1) is 14.3. The number of halogens is 1. The summed E-state index contributed by atoms with van der Waals surface area (Å²) in [5.41, 5.74) is 2.93. The van der Waals surface area contributed by atoms with Crippen LogP contribution in [0.25, 0.3) is 0 Å². The Morgan fingerprint density at radius 1 is 1.11 bits per heavy atom. The highest BCUT2D eigenvalue weighted by Crippen LogP contribution is 2.36. The van der Waals surface area contributed by atoms with Crippen LogP contribution in [0.15, 0.2) is 36.7 Å². The normalized spacial score (nSPS) is 23.9. The van der Waals surface area contributed by atoms with Crippen molar-refractivity contribution in [3.05, 3.63) is 47.8 Å². The molecule has 0 saturated heterocycles. The van der Waals surface area contributed by atoms with Gasteiger partial charge in [0.25, 0.3) is 0 Å². The summed E-state index contributed by atoms with van der Waals surface area (Å²) in [6, 6.07) is 9.19. The average Bonchev–Trinajstić information content (AvgIpc) is 2.47. The van der Waals surface area contributed by atoms with Crippen LogP contribution in [-0.4, -0.2) is 0 Å². The second-order valence-electron chi connectivity index (χ2n) is 5.78. The highest BCUT2D eigenvalue weighted by atomic mass is 19.1. The smallest absolute Gasteiger partial charge is 0.0829 e. The molecule has 0 bridgehead atoms. The fraction of sp³-hybridized carbons (Fsp3) is 0.556. The molecule has 0 aromatic heterocycles. The largest absolute Gasteiger partial charge is 0.216 e. The van der Waals surface area contributed by atoms with Crippen molar-refractivity contribution < 1.29 is 4.39 Å². The molecule has 1 aliphatic rings. The van der Waals surface area contributed by atoms with Crippen molar-refractivity contribution in [1.29, 1.82) is 0 Å². The SMILES string of the molecule is CCCCc1ccc(C2CCC(/C=C/F)CC2)cc1. The third-order valence-corrected chi connectivity index (χ3v) is 4.39. The van der Waals surface area contributed by atoms with Gasteiger partial charge in [-0.2, -0.15) is 0 Å². The zero-order chi connectivity index (χ0) is 13.5. The molecule has 1 aromatic carbocycles. The first-order valence-corrected chi connectivity index (χ1v) is 7.69. The molecule has 1 aromatic rings. The second kappa shape index (κ2) is 7.47. The van der Waals surface area contributed by atoms with Crippen LogP contribution in [0.2, 0.25) is 0 Å². The number of hydrogen-bond acceptors (Lipinski definition) is 0. The lowest BCUT2D eigenvalue weighted by Crippen LogP contribution is -2.11. The lowest BCUT2D eigenvalue weighted by atomic mass is 9.78. The summed E-state index contributed by atoms with van der Waals surface area (Å²) in [6.07, 6.45) is 10.8. The van der Waals surface area contributed by atoms with Crippen LogP contribution in [0.3, 0.4) is 0 Å². The van der Waals surface area contributed by atoms with Gasteiger partial charge in [0.1, 0.15) is 0 Å². The maximum absolute atomic E-state index is 12.2. The molecule has 19 heavy (non-hydrogen) atoms. The van der Waals surface area contributed by atoms with E-state index in [1.54, 1.807) is 6.08 Å². The summed E-state index contributed by atoms with van der Waals surface area (Å²) in [4.78, 5) is 0. The summed E-state index contributed by atoms with van der Waals surface area (Å²) in [6.45, 7) is 2.23. The van der Waals surface area contributed by atoms with Gasteiger partial charge in [-0.15, -0.1) is 0 Å². The van der Waals surface area contributed by atoms with E-state index in [0.717, 1.165) is 12.8 Å². The van der Waals surface area contributed by atoms with Crippen LogP contribution in [0.4, 0.5) is 4.39 Å². The van der Waals surface area contributed by atoms with Gasteiger partial charge in [-0.3, -0.25) is 0 Å². The van der Waals surface area contributed by atoms with Crippen molar-refractivity contribution in [2.75, 3.05) is 0 Å². The third-order valence-electron chi connectivity index (χ3n) is 4.39. The molecule has 0 aliphatic heterocycles. The van der Waals surface area contributed by atoms with E-state index in [-0.39, 0.29) is 0 Å². The molecule has 104 valence electrons. The van der Waals surface area contributed by atoms with Crippen LogP contribution < -0.4 is 0 Å². The van der Waals surface area contributed by atoms with Crippen molar-refractivity contribution >= 4 is 0 Å². The van der Waals surface area contributed by atoms with E-state index in [1.807, 2.05) is 0 Å². The van der Waals surface area contributed by atoms with E-state index in [0.29, 0.717) is 18.2 Å². The molecule has 0 N–H and O–H groups in total. The molecule has 1 fully saturated rings.